The molecule has 29 heavy (non-hydrogen) atoms. The van der Waals surface area contributed by atoms with E-state index in [1.54, 1.807) is 19.2 Å². The Morgan fingerprint density at radius 2 is 1.72 bits per heavy atom. The van der Waals surface area contributed by atoms with Crippen LogP contribution in [0.4, 0.5) is 0 Å². The Morgan fingerprint density at radius 1 is 1.03 bits per heavy atom. The Morgan fingerprint density at radius 3 is 2.41 bits per heavy atom. The lowest BCUT2D eigenvalue weighted by Crippen LogP contribution is -2.30. The zero-order valence-electron chi connectivity index (χ0n) is 17.0. The van der Waals surface area contributed by atoms with E-state index in [0.29, 0.717) is 30.5 Å². The molecule has 3 aromatic rings. The highest BCUT2D eigenvalue weighted by molar-refractivity contribution is 6.04. The lowest BCUT2D eigenvalue weighted by molar-refractivity contribution is 0.0945. The van der Waals surface area contributed by atoms with Crippen molar-refractivity contribution in [3.63, 3.8) is 0 Å². The molecule has 0 bridgehead atoms. The van der Waals surface area contributed by atoms with Crippen LogP contribution < -0.4 is 10.9 Å². The molecule has 0 aliphatic rings. The molecule has 0 atom stereocenters. The SMILES string of the molecule is CCCCCn1nc(C(=O)NCc2ccc(COC)cc2)c2ccccc2c1=O. The molecule has 152 valence electrons. The topological polar surface area (TPSA) is 73.2 Å². The van der Waals surface area contributed by atoms with Crippen molar-refractivity contribution < 1.29 is 9.53 Å². The minimum Gasteiger partial charge on any atom is -0.380 e. The summed E-state index contributed by atoms with van der Waals surface area (Å²) in [7, 11) is 1.66. The third-order valence-electron chi connectivity index (χ3n) is 4.84. The van der Waals surface area contributed by atoms with Gasteiger partial charge in [-0.05, 0) is 23.6 Å². The first kappa shape index (κ1) is 20.7. The van der Waals surface area contributed by atoms with Gasteiger partial charge >= 0.3 is 0 Å². The first-order valence-corrected chi connectivity index (χ1v) is 9.99. The molecule has 0 aliphatic carbocycles. The average molecular weight is 393 g/mol. The fourth-order valence-electron chi connectivity index (χ4n) is 3.25. The van der Waals surface area contributed by atoms with Crippen molar-refractivity contribution >= 4 is 16.7 Å². The Labute approximate surface area is 170 Å². The van der Waals surface area contributed by atoms with E-state index in [4.69, 9.17) is 4.74 Å². The molecule has 0 spiro atoms. The molecule has 6 heteroatoms. The van der Waals surface area contributed by atoms with E-state index < -0.39 is 0 Å². The molecule has 6 nitrogen and oxygen atoms in total. The predicted octanol–water partition coefficient (Wildman–Crippen LogP) is 3.66. The van der Waals surface area contributed by atoms with Crippen LogP contribution in [0, 0.1) is 0 Å². The molecule has 3 rings (SSSR count). The van der Waals surface area contributed by atoms with Crippen molar-refractivity contribution in [1.82, 2.24) is 15.1 Å². The van der Waals surface area contributed by atoms with Gasteiger partial charge in [-0.3, -0.25) is 9.59 Å². The summed E-state index contributed by atoms with van der Waals surface area (Å²) in [5, 5.41) is 8.43. The monoisotopic (exact) mass is 393 g/mol. The van der Waals surface area contributed by atoms with Gasteiger partial charge in [-0.15, -0.1) is 0 Å². The summed E-state index contributed by atoms with van der Waals surface area (Å²) in [5.41, 5.74) is 2.20. The maximum absolute atomic E-state index is 12.9. The number of hydrogen-bond acceptors (Lipinski definition) is 4. The number of nitrogens with zero attached hydrogens (tertiary/aromatic N) is 2. The van der Waals surface area contributed by atoms with E-state index in [-0.39, 0.29) is 17.2 Å². The predicted molar refractivity (Wildman–Crippen MR) is 114 cm³/mol. The van der Waals surface area contributed by atoms with Crippen molar-refractivity contribution in [1.29, 1.82) is 0 Å². The standard InChI is InChI=1S/C23H27N3O3/c1-3-4-7-14-26-23(28)20-9-6-5-8-19(20)21(25-26)22(27)24-15-17-10-12-18(13-11-17)16-29-2/h5-6,8-13H,3-4,7,14-16H2,1-2H3,(H,24,27). The molecule has 1 heterocycles. The number of benzene rings is 2. The molecule has 2 aromatic carbocycles. The van der Waals surface area contributed by atoms with Crippen molar-refractivity contribution in [3.05, 3.63) is 75.7 Å². The van der Waals surface area contributed by atoms with Gasteiger partial charge < -0.3 is 10.1 Å². The Hall–Kier alpha value is -2.99. The van der Waals surface area contributed by atoms with Gasteiger partial charge in [0.05, 0.1) is 12.0 Å². The Bertz CT molecular complexity index is 1030. The highest BCUT2D eigenvalue weighted by Gasteiger charge is 2.16. The number of aryl methyl sites for hydroxylation is 1. The summed E-state index contributed by atoms with van der Waals surface area (Å²) < 4.78 is 6.54. The molecule has 1 aromatic heterocycles. The molecular weight excluding hydrogens is 366 g/mol. The zero-order chi connectivity index (χ0) is 20.6. The van der Waals surface area contributed by atoms with Crippen LogP contribution in [0.25, 0.3) is 10.8 Å². The third-order valence-corrected chi connectivity index (χ3v) is 4.84. The second kappa shape index (κ2) is 9.98. The minimum absolute atomic E-state index is 0.151. The quantitative estimate of drug-likeness (QED) is 0.563. The van der Waals surface area contributed by atoms with Gasteiger partial charge in [0.1, 0.15) is 0 Å². The number of nitrogens with one attached hydrogen (secondary N) is 1. The second-order valence-electron chi connectivity index (χ2n) is 7.06. The van der Waals surface area contributed by atoms with Crippen LogP contribution in [0.1, 0.15) is 47.8 Å². The summed E-state index contributed by atoms with van der Waals surface area (Å²) >= 11 is 0. The smallest absolute Gasteiger partial charge is 0.274 e. The van der Waals surface area contributed by atoms with E-state index >= 15 is 0 Å². The van der Waals surface area contributed by atoms with Gasteiger partial charge in [0.25, 0.3) is 11.5 Å². The van der Waals surface area contributed by atoms with Crippen molar-refractivity contribution in [2.75, 3.05) is 7.11 Å². The number of aromatic nitrogens is 2. The molecule has 0 saturated carbocycles. The number of methoxy groups -OCH3 is 1. The van der Waals surface area contributed by atoms with E-state index in [1.165, 1.54) is 4.68 Å². The lowest BCUT2D eigenvalue weighted by Gasteiger charge is -2.11. The summed E-state index contributed by atoms with van der Waals surface area (Å²) in [6.07, 6.45) is 2.93. The number of carbonyl (C=O) groups is 1. The van der Waals surface area contributed by atoms with Crippen LogP contribution in [0.2, 0.25) is 0 Å². The van der Waals surface area contributed by atoms with Crippen LogP contribution >= 0.6 is 0 Å². The normalized spacial score (nSPS) is 11.0. The van der Waals surface area contributed by atoms with Gasteiger partial charge in [0.15, 0.2) is 5.69 Å². The molecular formula is C23H27N3O3. The molecule has 0 aliphatic heterocycles. The number of hydrogen-bond donors (Lipinski definition) is 1. The van der Waals surface area contributed by atoms with Crippen LogP contribution in [0.15, 0.2) is 53.3 Å². The number of carbonyl (C=O) groups excluding carboxylic acids is 1. The summed E-state index contributed by atoms with van der Waals surface area (Å²) in [6.45, 7) is 3.56. The first-order chi connectivity index (χ1) is 14.1. The Kier molecular flexibility index (Phi) is 7.14. The van der Waals surface area contributed by atoms with Crippen LogP contribution in [-0.4, -0.2) is 22.8 Å². The molecule has 1 N–H and O–H groups in total. The molecule has 0 fully saturated rings. The fraction of sp³-hybridized carbons (Fsp3) is 0.348. The highest BCUT2D eigenvalue weighted by atomic mass is 16.5. The minimum atomic E-state index is -0.286. The summed E-state index contributed by atoms with van der Waals surface area (Å²) in [5.74, 6) is -0.286. The zero-order valence-corrected chi connectivity index (χ0v) is 17.0. The maximum atomic E-state index is 12.9. The average Bonchev–Trinajstić information content (AvgIpc) is 2.75. The second-order valence-corrected chi connectivity index (χ2v) is 7.06. The first-order valence-electron chi connectivity index (χ1n) is 9.99. The van der Waals surface area contributed by atoms with Crippen molar-refractivity contribution in [3.8, 4) is 0 Å². The van der Waals surface area contributed by atoms with E-state index in [9.17, 15) is 9.59 Å². The maximum Gasteiger partial charge on any atom is 0.274 e. The van der Waals surface area contributed by atoms with Crippen molar-refractivity contribution in [2.45, 2.75) is 45.9 Å². The van der Waals surface area contributed by atoms with Gasteiger partial charge in [-0.25, -0.2) is 4.68 Å². The van der Waals surface area contributed by atoms with Gasteiger partial charge in [-0.1, -0.05) is 62.2 Å². The number of rotatable bonds is 9. The Balaban J connectivity index is 1.82. The summed E-state index contributed by atoms with van der Waals surface area (Å²) in [6, 6.07) is 15.0. The van der Waals surface area contributed by atoms with Gasteiger partial charge in [0.2, 0.25) is 0 Å². The van der Waals surface area contributed by atoms with E-state index in [1.807, 2.05) is 36.4 Å². The van der Waals surface area contributed by atoms with Gasteiger partial charge in [0, 0.05) is 25.6 Å². The fourth-order valence-corrected chi connectivity index (χ4v) is 3.25. The number of amides is 1. The van der Waals surface area contributed by atoms with Crippen LogP contribution in [0.3, 0.4) is 0 Å². The number of fused-ring (bicyclic) bond motifs is 1. The lowest BCUT2D eigenvalue weighted by atomic mass is 10.1. The largest absolute Gasteiger partial charge is 0.380 e. The van der Waals surface area contributed by atoms with Crippen molar-refractivity contribution in [2.24, 2.45) is 0 Å². The van der Waals surface area contributed by atoms with E-state index in [0.717, 1.165) is 30.4 Å². The number of ether oxygens (including phenoxy) is 1. The van der Waals surface area contributed by atoms with Crippen LogP contribution in [0.5, 0.6) is 0 Å². The molecule has 0 saturated heterocycles. The molecule has 1 amide bonds. The molecule has 0 unspecified atom stereocenters. The molecule has 0 radical (unpaired) electrons. The third kappa shape index (κ3) is 5.09. The van der Waals surface area contributed by atoms with Crippen LogP contribution in [-0.2, 0) is 24.4 Å². The van der Waals surface area contributed by atoms with E-state index in [2.05, 4.69) is 17.3 Å². The summed E-state index contributed by atoms with van der Waals surface area (Å²) in [4.78, 5) is 25.6. The number of unbranched alkanes of at least 4 members (excludes halogenated alkanes) is 2. The highest BCUT2D eigenvalue weighted by Crippen LogP contribution is 2.14. The van der Waals surface area contributed by atoms with Gasteiger partial charge in [-0.2, -0.15) is 5.10 Å².